The van der Waals surface area contributed by atoms with Crippen LogP contribution in [-0.4, -0.2) is 29.1 Å². The van der Waals surface area contributed by atoms with Gasteiger partial charge >= 0.3 is 5.97 Å². The van der Waals surface area contributed by atoms with Gasteiger partial charge in [-0.05, 0) is 56.0 Å². The van der Waals surface area contributed by atoms with Gasteiger partial charge in [0.1, 0.15) is 0 Å². The molecule has 0 aliphatic carbocycles. The number of benzene rings is 1. The van der Waals surface area contributed by atoms with Crippen LogP contribution in [0.25, 0.3) is 0 Å². The van der Waals surface area contributed by atoms with E-state index >= 15 is 0 Å². The van der Waals surface area contributed by atoms with Crippen LogP contribution < -0.4 is 0 Å². The van der Waals surface area contributed by atoms with Gasteiger partial charge in [0.25, 0.3) is 0 Å². The lowest BCUT2D eigenvalue weighted by atomic mass is 9.93. The van der Waals surface area contributed by atoms with Crippen LogP contribution in [0.1, 0.15) is 43.4 Å². The summed E-state index contributed by atoms with van der Waals surface area (Å²) in [5.74, 6) is -0.722. The Labute approximate surface area is 129 Å². The lowest BCUT2D eigenvalue weighted by molar-refractivity contribution is -0.137. The van der Waals surface area contributed by atoms with Gasteiger partial charge in [-0.1, -0.05) is 23.2 Å². The van der Waals surface area contributed by atoms with E-state index in [1.165, 1.54) is 11.1 Å². The summed E-state index contributed by atoms with van der Waals surface area (Å²) in [5, 5.41) is 10.1. The van der Waals surface area contributed by atoms with E-state index in [-0.39, 0.29) is 12.5 Å². The molecule has 2 rings (SSSR count). The summed E-state index contributed by atoms with van der Waals surface area (Å²) in [7, 11) is 0. The zero-order valence-electron chi connectivity index (χ0n) is 11.5. The van der Waals surface area contributed by atoms with Crippen molar-refractivity contribution < 1.29 is 9.90 Å². The first kappa shape index (κ1) is 15.6. The highest BCUT2D eigenvalue weighted by Crippen LogP contribution is 2.36. The number of unbranched alkanes of at least 4 members (excludes halogenated alkanes) is 1. The predicted molar refractivity (Wildman–Crippen MR) is 81.6 cm³/mol. The van der Waals surface area contributed by atoms with E-state index in [4.69, 9.17) is 28.3 Å². The summed E-state index contributed by atoms with van der Waals surface area (Å²) in [6, 6.07) is 4.06. The van der Waals surface area contributed by atoms with E-state index < -0.39 is 5.97 Å². The number of nitrogens with zero attached hydrogens (tertiary/aromatic N) is 1. The number of carboxylic acid groups (broad SMARTS) is 1. The van der Waals surface area contributed by atoms with E-state index in [1.54, 1.807) is 6.07 Å². The van der Waals surface area contributed by atoms with Gasteiger partial charge in [-0.2, -0.15) is 0 Å². The quantitative estimate of drug-likeness (QED) is 0.829. The van der Waals surface area contributed by atoms with Crippen LogP contribution in [0.5, 0.6) is 0 Å². The van der Waals surface area contributed by atoms with Gasteiger partial charge < -0.3 is 5.11 Å². The van der Waals surface area contributed by atoms with Crippen molar-refractivity contribution in [3.8, 4) is 0 Å². The van der Waals surface area contributed by atoms with Crippen LogP contribution in [0, 0.1) is 0 Å². The van der Waals surface area contributed by atoms with Crippen LogP contribution in [0.2, 0.25) is 10.0 Å². The Morgan fingerprint density at radius 1 is 1.40 bits per heavy atom. The van der Waals surface area contributed by atoms with Crippen LogP contribution in [0.3, 0.4) is 0 Å². The van der Waals surface area contributed by atoms with Crippen molar-refractivity contribution in [1.82, 2.24) is 4.90 Å². The fraction of sp³-hybridized carbons (Fsp3) is 0.533. The van der Waals surface area contributed by atoms with Crippen molar-refractivity contribution in [3.05, 3.63) is 33.3 Å². The van der Waals surface area contributed by atoms with Gasteiger partial charge in [0, 0.05) is 29.1 Å². The van der Waals surface area contributed by atoms with E-state index in [0.717, 1.165) is 37.4 Å². The molecule has 5 heteroatoms. The molecule has 0 aromatic heterocycles. The number of carbonyl (C=O) groups is 1. The average molecular weight is 316 g/mol. The third kappa shape index (κ3) is 3.66. The molecule has 0 radical (unpaired) electrons. The minimum atomic E-state index is -0.722. The summed E-state index contributed by atoms with van der Waals surface area (Å²) >= 11 is 12.4. The first-order valence-electron chi connectivity index (χ1n) is 6.92. The normalized spacial score (nSPS) is 18.9. The molecule has 1 unspecified atom stereocenters. The molecule has 3 nitrogen and oxygen atoms in total. The fourth-order valence-corrected chi connectivity index (χ4v) is 3.54. The van der Waals surface area contributed by atoms with Gasteiger partial charge in [0.15, 0.2) is 0 Å². The highest BCUT2D eigenvalue weighted by Gasteiger charge is 2.25. The summed E-state index contributed by atoms with van der Waals surface area (Å²) in [6.07, 6.45) is 2.81. The minimum absolute atomic E-state index is 0.245. The molecular weight excluding hydrogens is 297 g/mol. The zero-order valence-corrected chi connectivity index (χ0v) is 13.0. The highest BCUT2D eigenvalue weighted by molar-refractivity contribution is 6.35. The SMILES string of the molecule is CC1c2c(Cl)cc(Cl)cc2CCN1CCCCC(=O)O. The van der Waals surface area contributed by atoms with Crippen molar-refractivity contribution >= 4 is 29.2 Å². The lowest BCUT2D eigenvalue weighted by Crippen LogP contribution is -2.35. The van der Waals surface area contributed by atoms with Crippen molar-refractivity contribution in [2.75, 3.05) is 13.1 Å². The molecule has 1 aliphatic heterocycles. The summed E-state index contributed by atoms with van der Waals surface area (Å²) in [4.78, 5) is 12.9. The summed E-state index contributed by atoms with van der Waals surface area (Å²) < 4.78 is 0. The van der Waals surface area contributed by atoms with Crippen molar-refractivity contribution in [1.29, 1.82) is 0 Å². The second-order valence-electron chi connectivity index (χ2n) is 5.27. The van der Waals surface area contributed by atoms with Gasteiger partial charge in [-0.3, -0.25) is 9.69 Å². The van der Waals surface area contributed by atoms with Crippen LogP contribution in [0.15, 0.2) is 12.1 Å². The van der Waals surface area contributed by atoms with Gasteiger partial charge in [0.2, 0.25) is 0 Å². The molecule has 0 spiro atoms. The number of rotatable bonds is 5. The molecule has 20 heavy (non-hydrogen) atoms. The van der Waals surface area contributed by atoms with Gasteiger partial charge in [0.05, 0.1) is 0 Å². The smallest absolute Gasteiger partial charge is 0.303 e. The van der Waals surface area contributed by atoms with Crippen LogP contribution in [-0.2, 0) is 11.2 Å². The van der Waals surface area contributed by atoms with Crippen molar-refractivity contribution in [2.24, 2.45) is 0 Å². The average Bonchev–Trinajstić information content (AvgIpc) is 2.35. The Hall–Kier alpha value is -0.770. The standard InChI is InChI=1S/C15H19Cl2NO2/c1-10-15-11(8-12(16)9-13(15)17)5-7-18(10)6-3-2-4-14(19)20/h8-10H,2-7H2,1H3,(H,19,20). The summed E-state index contributed by atoms with van der Waals surface area (Å²) in [6.45, 7) is 4.03. The molecule has 1 atom stereocenters. The van der Waals surface area contributed by atoms with Crippen LogP contribution >= 0.6 is 23.2 Å². The molecule has 1 aromatic carbocycles. The van der Waals surface area contributed by atoms with E-state index in [0.29, 0.717) is 5.02 Å². The largest absolute Gasteiger partial charge is 0.481 e. The second-order valence-corrected chi connectivity index (χ2v) is 6.12. The Kier molecular flexibility index (Phi) is 5.30. The Bertz CT molecular complexity index is 505. The second kappa shape index (κ2) is 6.79. The molecule has 0 saturated carbocycles. The van der Waals surface area contributed by atoms with Crippen molar-refractivity contribution in [3.63, 3.8) is 0 Å². The molecule has 1 aromatic rings. The molecule has 1 N–H and O–H groups in total. The fourth-order valence-electron chi connectivity index (χ4n) is 2.85. The number of hydrogen-bond donors (Lipinski definition) is 1. The van der Waals surface area contributed by atoms with Crippen molar-refractivity contribution in [2.45, 2.75) is 38.6 Å². The molecule has 1 aliphatic rings. The maximum Gasteiger partial charge on any atom is 0.303 e. The first-order valence-corrected chi connectivity index (χ1v) is 7.68. The Morgan fingerprint density at radius 3 is 2.85 bits per heavy atom. The molecule has 0 bridgehead atoms. The summed E-state index contributed by atoms with van der Waals surface area (Å²) in [5.41, 5.74) is 2.40. The van der Waals surface area contributed by atoms with Gasteiger partial charge in [-0.15, -0.1) is 0 Å². The number of aliphatic carboxylic acids is 1. The topological polar surface area (TPSA) is 40.5 Å². The number of hydrogen-bond acceptors (Lipinski definition) is 2. The first-order chi connectivity index (χ1) is 9.49. The zero-order chi connectivity index (χ0) is 14.7. The third-order valence-corrected chi connectivity index (χ3v) is 4.43. The Morgan fingerprint density at radius 2 is 2.15 bits per heavy atom. The van der Waals surface area contributed by atoms with E-state index in [2.05, 4.69) is 11.8 Å². The molecular formula is C15H19Cl2NO2. The maximum atomic E-state index is 10.5. The van der Waals surface area contributed by atoms with E-state index in [1.807, 2.05) is 6.07 Å². The number of fused-ring (bicyclic) bond motifs is 1. The monoisotopic (exact) mass is 315 g/mol. The molecule has 1 heterocycles. The van der Waals surface area contributed by atoms with Crippen LogP contribution in [0.4, 0.5) is 0 Å². The number of carboxylic acids is 1. The predicted octanol–water partition coefficient (Wildman–Crippen LogP) is 4.17. The Balaban J connectivity index is 2.00. The maximum absolute atomic E-state index is 10.5. The highest BCUT2D eigenvalue weighted by atomic mass is 35.5. The lowest BCUT2D eigenvalue weighted by Gasteiger charge is -2.36. The van der Waals surface area contributed by atoms with E-state index in [9.17, 15) is 4.79 Å². The minimum Gasteiger partial charge on any atom is -0.481 e. The molecule has 0 amide bonds. The molecule has 0 fully saturated rings. The molecule has 0 saturated heterocycles. The number of halogens is 2. The molecule has 110 valence electrons. The third-order valence-electron chi connectivity index (χ3n) is 3.90. The van der Waals surface area contributed by atoms with Gasteiger partial charge in [-0.25, -0.2) is 0 Å².